The van der Waals surface area contributed by atoms with E-state index in [0.29, 0.717) is 0 Å². The van der Waals surface area contributed by atoms with Crippen molar-refractivity contribution in [1.29, 1.82) is 0 Å². The van der Waals surface area contributed by atoms with Crippen LogP contribution in [-0.2, 0) is 26.2 Å². The fourth-order valence-corrected chi connectivity index (χ4v) is 2.80. The van der Waals surface area contributed by atoms with E-state index in [4.69, 9.17) is 0 Å². The van der Waals surface area contributed by atoms with E-state index in [1.54, 1.807) is 0 Å². The monoisotopic (exact) mass is 430 g/mol. The van der Waals surface area contributed by atoms with Crippen molar-refractivity contribution in [1.82, 2.24) is 0 Å². The van der Waals surface area contributed by atoms with Gasteiger partial charge in [0.1, 0.15) is 0 Å². The van der Waals surface area contributed by atoms with E-state index in [1.807, 2.05) is 64.2 Å². The second kappa shape index (κ2) is 19.6. The predicted molar refractivity (Wildman–Crippen MR) is 112 cm³/mol. The van der Waals surface area contributed by atoms with E-state index in [9.17, 15) is 0 Å². The quantitative estimate of drug-likeness (QED) is 0.306. The Kier molecular flexibility index (Phi) is 22.0. The summed E-state index contributed by atoms with van der Waals surface area (Å²) in [6, 6.07) is 2.54. The molecule has 0 aromatic heterocycles. The first-order valence-corrected chi connectivity index (χ1v) is 12.8. The van der Waals surface area contributed by atoms with Gasteiger partial charge in [-0.3, -0.25) is 5.57 Å². The van der Waals surface area contributed by atoms with Crippen LogP contribution in [-0.4, -0.2) is 8.07 Å². The molecule has 2 aliphatic carbocycles. The molecule has 2 fully saturated rings. The number of hydrogen-bond acceptors (Lipinski definition) is 0. The average molecular weight is 432 g/mol. The van der Waals surface area contributed by atoms with Crippen LogP contribution in [0.1, 0.15) is 46.0 Å². The SMILES string of the molecule is CCC[C-]=C(C[CH-][Si](C)(C)C)CCC.[CH]1[CH][CH][CH][CH]1.[CH]1[CH][CH][CH][CH]1.[Zr+2]. The van der Waals surface area contributed by atoms with Crippen molar-refractivity contribution in [3.05, 3.63) is 81.9 Å². The van der Waals surface area contributed by atoms with Gasteiger partial charge in [0.25, 0.3) is 0 Å². The standard InChI is InChI=1S/C13H26Si.2C5H5.Zr/c1-6-8-10-13(9-7-2)11-12-14(3,4)5;2*1-2-4-5-3-1;/h12H,6-9,11H2,1-5H3;2*1-5H;/q-2;;;+2. The molecule has 0 N–H and O–H groups in total. The minimum atomic E-state index is -0.974. The maximum absolute atomic E-state index is 3.55. The molecule has 0 aromatic rings. The normalized spacial score (nSPS) is 17.1. The molecule has 136 valence electrons. The summed E-state index contributed by atoms with van der Waals surface area (Å²) in [5, 5.41) is 0. The zero-order valence-corrected chi connectivity index (χ0v) is 20.3. The first-order valence-electron chi connectivity index (χ1n) is 9.26. The molecule has 0 aromatic carbocycles. The molecule has 2 rings (SSSR count). The van der Waals surface area contributed by atoms with Gasteiger partial charge in [0.15, 0.2) is 0 Å². The Labute approximate surface area is 181 Å². The van der Waals surface area contributed by atoms with Crippen LogP contribution in [0, 0.1) is 76.3 Å². The average Bonchev–Trinajstić information content (AvgIpc) is 3.27. The number of hydrogen-bond donors (Lipinski definition) is 0. The topological polar surface area (TPSA) is 0 Å². The van der Waals surface area contributed by atoms with Crippen LogP contribution < -0.4 is 0 Å². The van der Waals surface area contributed by atoms with Crippen molar-refractivity contribution < 1.29 is 26.2 Å². The van der Waals surface area contributed by atoms with Crippen molar-refractivity contribution in [2.45, 2.75) is 65.6 Å². The Morgan fingerprint density at radius 2 is 1.16 bits per heavy atom. The summed E-state index contributed by atoms with van der Waals surface area (Å²) in [4.78, 5) is 0. The Morgan fingerprint density at radius 3 is 1.44 bits per heavy atom. The Morgan fingerprint density at radius 1 is 0.760 bits per heavy atom. The number of rotatable bonds is 7. The second-order valence-corrected chi connectivity index (χ2v) is 12.1. The maximum atomic E-state index is 3.55. The molecule has 0 heterocycles. The summed E-state index contributed by atoms with van der Waals surface area (Å²) >= 11 is 0. The van der Waals surface area contributed by atoms with Crippen LogP contribution in [0.3, 0.4) is 0 Å². The third-order valence-electron chi connectivity index (χ3n) is 3.25. The molecule has 0 saturated heterocycles. The third kappa shape index (κ3) is 22.8. The van der Waals surface area contributed by atoms with E-state index in [-0.39, 0.29) is 26.2 Å². The van der Waals surface area contributed by atoms with Crippen LogP contribution in [0.5, 0.6) is 0 Å². The van der Waals surface area contributed by atoms with Crippen molar-refractivity contribution in [3.63, 3.8) is 0 Å². The molecular formula is C23H36SiZr. The van der Waals surface area contributed by atoms with Crippen molar-refractivity contribution in [3.8, 4) is 0 Å². The van der Waals surface area contributed by atoms with E-state index in [2.05, 4.69) is 45.6 Å². The van der Waals surface area contributed by atoms with Crippen LogP contribution in [0.2, 0.25) is 19.6 Å². The minimum Gasteiger partial charge on any atom is -0.500 e. The fraction of sp³-hybridized carbons (Fsp3) is 0.435. The van der Waals surface area contributed by atoms with Gasteiger partial charge in [-0.15, -0.1) is 8.07 Å². The van der Waals surface area contributed by atoms with Crippen LogP contribution in [0.15, 0.2) is 5.57 Å². The van der Waals surface area contributed by atoms with Crippen molar-refractivity contribution >= 4 is 8.07 Å². The van der Waals surface area contributed by atoms with Crippen LogP contribution >= 0.6 is 0 Å². The van der Waals surface area contributed by atoms with E-state index in [0.717, 1.165) is 6.42 Å². The van der Waals surface area contributed by atoms with Gasteiger partial charge in [-0.05, 0) is 64.2 Å². The summed E-state index contributed by atoms with van der Waals surface area (Å²) in [6.07, 6.45) is 29.6. The molecule has 0 unspecified atom stereocenters. The second-order valence-electron chi connectivity index (χ2n) is 6.98. The molecule has 0 atom stereocenters. The van der Waals surface area contributed by atoms with Gasteiger partial charge < -0.3 is 12.1 Å². The molecule has 25 heavy (non-hydrogen) atoms. The Hall–Kier alpha value is 0.840. The summed E-state index contributed by atoms with van der Waals surface area (Å²) in [5.41, 5.74) is 1.54. The van der Waals surface area contributed by atoms with Gasteiger partial charge >= 0.3 is 26.2 Å². The number of unbranched alkanes of at least 4 members (excludes halogenated alkanes) is 1. The molecule has 0 spiro atoms. The summed E-state index contributed by atoms with van der Waals surface area (Å²) in [5.74, 6) is 0. The smallest absolute Gasteiger partial charge is 0.500 e. The van der Waals surface area contributed by atoms with Gasteiger partial charge in [-0.1, -0.05) is 52.8 Å². The predicted octanol–water partition coefficient (Wildman–Crippen LogP) is 6.83. The van der Waals surface area contributed by atoms with E-state index in [1.165, 1.54) is 31.3 Å². The van der Waals surface area contributed by atoms with E-state index >= 15 is 0 Å². The summed E-state index contributed by atoms with van der Waals surface area (Å²) < 4.78 is 0. The first-order chi connectivity index (χ1) is 11.5. The minimum absolute atomic E-state index is 0. The van der Waals surface area contributed by atoms with Crippen molar-refractivity contribution in [2.24, 2.45) is 0 Å². The molecule has 0 aliphatic heterocycles. The van der Waals surface area contributed by atoms with Gasteiger partial charge in [0, 0.05) is 0 Å². The summed E-state index contributed by atoms with van der Waals surface area (Å²) in [6.45, 7) is 11.7. The Balaban J connectivity index is 0. The maximum Gasteiger partial charge on any atom is 2.00 e. The molecule has 10 radical (unpaired) electrons. The molecule has 0 bridgehead atoms. The van der Waals surface area contributed by atoms with E-state index < -0.39 is 8.07 Å². The molecule has 2 saturated carbocycles. The van der Waals surface area contributed by atoms with Gasteiger partial charge in [-0.25, -0.2) is 0 Å². The zero-order chi connectivity index (χ0) is 18.1. The molecule has 2 aliphatic rings. The van der Waals surface area contributed by atoms with Gasteiger partial charge in [0.05, 0.1) is 0 Å². The molecule has 2 heteroatoms. The Bertz CT molecular complexity index is 258. The van der Waals surface area contributed by atoms with Crippen LogP contribution in [0.4, 0.5) is 0 Å². The van der Waals surface area contributed by atoms with Crippen LogP contribution in [0.25, 0.3) is 0 Å². The van der Waals surface area contributed by atoms with Gasteiger partial charge in [0.2, 0.25) is 0 Å². The van der Waals surface area contributed by atoms with Crippen molar-refractivity contribution in [2.75, 3.05) is 0 Å². The fourth-order valence-electron chi connectivity index (χ4n) is 1.94. The van der Waals surface area contributed by atoms with Gasteiger partial charge in [-0.2, -0.15) is 12.8 Å². The largest absolute Gasteiger partial charge is 2.00 e. The first kappa shape index (κ1) is 28.1. The third-order valence-corrected chi connectivity index (χ3v) is 4.68. The summed E-state index contributed by atoms with van der Waals surface area (Å²) in [7, 11) is -0.974. The number of allylic oxidation sites excluding steroid dienone is 2. The zero-order valence-electron chi connectivity index (χ0n) is 16.9. The molecular weight excluding hydrogens is 396 g/mol. The molecule has 0 amide bonds. The molecule has 0 nitrogen and oxygen atoms in total.